The van der Waals surface area contributed by atoms with Crippen molar-refractivity contribution >= 4 is 44.8 Å². The van der Waals surface area contributed by atoms with E-state index in [1.807, 2.05) is 0 Å². The number of fused-ring (bicyclic) bond motifs is 1. The quantitative estimate of drug-likeness (QED) is 0.679. The Hall–Kier alpha value is -0.180. The molecule has 3 heteroatoms. The average molecular weight is 243 g/mol. The number of hydrogen-bond acceptors (Lipinski definition) is 2. The topological polar surface area (TPSA) is 0 Å². The fourth-order valence-electron chi connectivity index (χ4n) is 1.53. The van der Waals surface area contributed by atoms with Crippen molar-refractivity contribution in [1.29, 1.82) is 0 Å². The largest absolute Gasteiger partial charge is 0.143 e. The van der Waals surface area contributed by atoms with Gasteiger partial charge in [-0.15, -0.1) is 23.1 Å². The smallest absolute Gasteiger partial charge is 0.0536 e. The van der Waals surface area contributed by atoms with Crippen LogP contribution in [0.15, 0.2) is 22.4 Å². The van der Waals surface area contributed by atoms with E-state index < -0.39 is 0 Å². The lowest BCUT2D eigenvalue weighted by Crippen LogP contribution is -1.82. The van der Waals surface area contributed by atoms with E-state index in [2.05, 4.69) is 30.7 Å². The fraction of sp³-hybridized carbons (Fsp3) is 0.273. The van der Waals surface area contributed by atoms with Crippen molar-refractivity contribution in [3.8, 4) is 0 Å². The van der Waals surface area contributed by atoms with E-state index >= 15 is 0 Å². The van der Waals surface area contributed by atoms with E-state index in [0.717, 1.165) is 11.4 Å². The second kappa shape index (κ2) is 4.13. The number of aryl methyl sites for hydroxylation is 1. The summed E-state index contributed by atoms with van der Waals surface area (Å²) in [5, 5.41) is 4.36. The average Bonchev–Trinajstić information content (AvgIpc) is 2.62. The van der Waals surface area contributed by atoms with Gasteiger partial charge in [0, 0.05) is 20.4 Å². The number of thioether (sulfide) groups is 1. The lowest BCUT2D eigenvalue weighted by Gasteiger charge is -2.03. The number of rotatable bonds is 2. The molecule has 0 atom stereocenters. The highest BCUT2D eigenvalue weighted by Crippen LogP contribution is 2.38. The zero-order valence-corrected chi connectivity index (χ0v) is 10.5. The second-order valence-electron chi connectivity index (χ2n) is 3.07. The number of hydrogen-bond donors (Lipinski definition) is 0. The minimum absolute atomic E-state index is 0.940. The summed E-state index contributed by atoms with van der Waals surface area (Å²) in [6.45, 7) is 2.14. The van der Waals surface area contributed by atoms with Crippen LogP contribution in [-0.2, 0) is 6.42 Å². The van der Waals surface area contributed by atoms with Gasteiger partial charge in [-0.05, 0) is 24.3 Å². The molecule has 0 N–H and O–H groups in total. The summed E-state index contributed by atoms with van der Waals surface area (Å²) < 4.78 is 1.29. The molecule has 0 bridgehead atoms. The first kappa shape index (κ1) is 10.3. The van der Waals surface area contributed by atoms with Gasteiger partial charge in [-0.25, -0.2) is 0 Å². The summed E-state index contributed by atoms with van der Waals surface area (Å²) >= 11 is 9.89. The Morgan fingerprint density at radius 1 is 1.43 bits per heavy atom. The summed E-state index contributed by atoms with van der Waals surface area (Å²) in [7, 11) is 0. The maximum absolute atomic E-state index is 6.36. The molecule has 1 aromatic heterocycles. The standard InChI is InChI=1S/C11H11ClS2/c1-3-7-4-5-8-10(11(7)12)9(13-2)6-14-8/h4-6H,3H2,1-2H3. The highest BCUT2D eigenvalue weighted by atomic mass is 35.5. The number of thiophene rings is 1. The normalized spacial score (nSPS) is 11.1. The van der Waals surface area contributed by atoms with Crippen molar-refractivity contribution in [1.82, 2.24) is 0 Å². The predicted molar refractivity (Wildman–Crippen MR) is 68.0 cm³/mol. The molecule has 0 fully saturated rings. The molecule has 0 saturated heterocycles. The van der Waals surface area contributed by atoms with Gasteiger partial charge < -0.3 is 0 Å². The van der Waals surface area contributed by atoms with Crippen LogP contribution < -0.4 is 0 Å². The van der Waals surface area contributed by atoms with E-state index in [0.29, 0.717) is 0 Å². The van der Waals surface area contributed by atoms with Crippen molar-refractivity contribution < 1.29 is 0 Å². The molecular formula is C11H11ClS2. The van der Waals surface area contributed by atoms with Crippen LogP contribution in [0.1, 0.15) is 12.5 Å². The molecule has 0 nitrogen and oxygen atoms in total. The van der Waals surface area contributed by atoms with E-state index in [9.17, 15) is 0 Å². The zero-order valence-electron chi connectivity index (χ0n) is 8.13. The van der Waals surface area contributed by atoms with Gasteiger partial charge in [-0.1, -0.05) is 24.6 Å². The molecule has 2 rings (SSSR count). The Morgan fingerprint density at radius 3 is 2.86 bits per heavy atom. The summed E-state index contributed by atoms with van der Waals surface area (Å²) in [5.41, 5.74) is 1.24. The highest BCUT2D eigenvalue weighted by molar-refractivity contribution is 7.99. The molecule has 0 saturated carbocycles. The van der Waals surface area contributed by atoms with Gasteiger partial charge in [0.1, 0.15) is 0 Å². The van der Waals surface area contributed by atoms with Gasteiger partial charge in [0.05, 0.1) is 5.02 Å². The van der Waals surface area contributed by atoms with Crippen molar-refractivity contribution in [2.45, 2.75) is 18.2 Å². The third kappa shape index (κ3) is 1.56. The monoisotopic (exact) mass is 242 g/mol. The zero-order chi connectivity index (χ0) is 10.1. The number of halogens is 1. The lowest BCUT2D eigenvalue weighted by atomic mass is 10.1. The molecule has 0 unspecified atom stereocenters. The molecule has 74 valence electrons. The van der Waals surface area contributed by atoms with Crippen LogP contribution in [0.2, 0.25) is 5.02 Å². The van der Waals surface area contributed by atoms with Gasteiger partial charge >= 0.3 is 0 Å². The fourth-order valence-corrected chi connectivity index (χ4v) is 3.88. The third-order valence-electron chi connectivity index (χ3n) is 2.32. The van der Waals surface area contributed by atoms with Crippen LogP contribution in [-0.4, -0.2) is 6.26 Å². The van der Waals surface area contributed by atoms with E-state index in [-0.39, 0.29) is 0 Å². The van der Waals surface area contributed by atoms with Crippen molar-refractivity contribution in [2.75, 3.05) is 6.26 Å². The Kier molecular flexibility index (Phi) is 3.05. The Morgan fingerprint density at radius 2 is 2.21 bits per heavy atom. The van der Waals surface area contributed by atoms with Crippen molar-refractivity contribution in [3.63, 3.8) is 0 Å². The minimum Gasteiger partial charge on any atom is -0.143 e. The lowest BCUT2D eigenvalue weighted by molar-refractivity contribution is 1.15. The van der Waals surface area contributed by atoms with Gasteiger partial charge in [0.25, 0.3) is 0 Å². The molecule has 1 aromatic carbocycles. The highest BCUT2D eigenvalue weighted by Gasteiger charge is 2.09. The molecule has 0 aliphatic heterocycles. The third-order valence-corrected chi connectivity index (χ3v) is 4.61. The summed E-state index contributed by atoms with van der Waals surface area (Å²) in [4.78, 5) is 1.30. The molecular weight excluding hydrogens is 232 g/mol. The Bertz CT molecular complexity index is 460. The van der Waals surface area contributed by atoms with Crippen molar-refractivity contribution in [3.05, 3.63) is 28.1 Å². The predicted octanol–water partition coefficient (Wildman–Crippen LogP) is 4.84. The molecule has 14 heavy (non-hydrogen) atoms. The van der Waals surface area contributed by atoms with E-state index in [4.69, 9.17) is 11.6 Å². The van der Waals surface area contributed by atoms with Crippen LogP contribution >= 0.6 is 34.7 Å². The molecule has 2 aromatic rings. The van der Waals surface area contributed by atoms with Gasteiger partial charge in [0.2, 0.25) is 0 Å². The number of benzene rings is 1. The first-order valence-corrected chi connectivity index (χ1v) is 6.98. The minimum atomic E-state index is 0.940. The van der Waals surface area contributed by atoms with Crippen molar-refractivity contribution in [2.24, 2.45) is 0 Å². The van der Waals surface area contributed by atoms with Gasteiger partial charge in [0.15, 0.2) is 0 Å². The van der Waals surface area contributed by atoms with Crippen LogP contribution in [0, 0.1) is 0 Å². The second-order valence-corrected chi connectivity index (χ2v) is 5.21. The molecule has 1 heterocycles. The van der Waals surface area contributed by atoms with Crippen LogP contribution in [0.3, 0.4) is 0 Å². The summed E-state index contributed by atoms with van der Waals surface area (Å²) in [6.07, 6.45) is 3.09. The Balaban J connectivity index is 2.77. The van der Waals surface area contributed by atoms with Crippen LogP contribution in [0.5, 0.6) is 0 Å². The maximum atomic E-state index is 6.36. The summed E-state index contributed by atoms with van der Waals surface area (Å²) in [6, 6.07) is 4.30. The van der Waals surface area contributed by atoms with Gasteiger partial charge in [-0.2, -0.15) is 0 Å². The van der Waals surface area contributed by atoms with E-state index in [1.54, 1.807) is 23.1 Å². The van der Waals surface area contributed by atoms with Gasteiger partial charge in [-0.3, -0.25) is 0 Å². The molecule has 0 amide bonds. The molecule has 0 aliphatic carbocycles. The first-order valence-electron chi connectivity index (χ1n) is 4.50. The molecule has 0 spiro atoms. The SMILES string of the molecule is CCc1ccc2scc(SC)c2c1Cl. The maximum Gasteiger partial charge on any atom is 0.0536 e. The first-order chi connectivity index (χ1) is 6.77. The molecule has 0 aliphatic rings. The van der Waals surface area contributed by atoms with Crippen LogP contribution in [0.4, 0.5) is 0 Å². The van der Waals surface area contributed by atoms with Crippen LogP contribution in [0.25, 0.3) is 10.1 Å². The summed E-state index contributed by atoms with van der Waals surface area (Å²) in [5.74, 6) is 0. The van der Waals surface area contributed by atoms with E-state index in [1.165, 1.54) is 20.5 Å². The molecule has 0 radical (unpaired) electrons. The Labute approximate surface area is 97.3 Å².